The van der Waals surface area contributed by atoms with Gasteiger partial charge < -0.3 is 9.84 Å². The number of nitrogens with zero attached hydrogens (tertiary/aromatic N) is 3. The number of hydrogen-bond donors (Lipinski definition) is 1. The van der Waals surface area contributed by atoms with E-state index in [1.807, 2.05) is 0 Å². The van der Waals surface area contributed by atoms with Gasteiger partial charge in [-0.1, -0.05) is 0 Å². The van der Waals surface area contributed by atoms with Crippen molar-refractivity contribution in [2.45, 2.75) is 6.10 Å². The van der Waals surface area contributed by atoms with E-state index in [0.29, 0.717) is 16.8 Å². The molecule has 1 aromatic carbocycles. The molecule has 1 aromatic heterocycles. The molecule has 0 bridgehead atoms. The van der Waals surface area contributed by atoms with Gasteiger partial charge in [-0.2, -0.15) is 5.10 Å². The Morgan fingerprint density at radius 1 is 1.61 bits per heavy atom. The van der Waals surface area contributed by atoms with Gasteiger partial charge in [0.1, 0.15) is 11.4 Å². The third kappa shape index (κ3) is 2.12. The molecular weight excluding hydrogens is 238 g/mol. The fraction of sp³-hybridized carbons (Fsp3) is 0.364. The van der Waals surface area contributed by atoms with Crippen molar-refractivity contribution >= 4 is 10.9 Å². The third-order valence-electron chi connectivity index (χ3n) is 2.72. The summed E-state index contributed by atoms with van der Waals surface area (Å²) < 4.78 is 6.67. The Bertz CT molecular complexity index is 593. The Morgan fingerprint density at radius 3 is 2.94 bits per heavy atom. The third-order valence-corrected chi connectivity index (χ3v) is 2.72. The summed E-state index contributed by atoms with van der Waals surface area (Å²) in [5.41, 5.74) is 1.08. The molecule has 2 rings (SSSR count). The highest BCUT2D eigenvalue weighted by Gasteiger charge is 2.21. The largest absolute Gasteiger partial charge is 0.497 e. The summed E-state index contributed by atoms with van der Waals surface area (Å²) in [6, 6.07) is 5.28. The van der Waals surface area contributed by atoms with Crippen molar-refractivity contribution in [3.63, 3.8) is 0 Å². The van der Waals surface area contributed by atoms with Gasteiger partial charge in [-0.05, 0) is 18.2 Å². The summed E-state index contributed by atoms with van der Waals surface area (Å²) in [6.45, 7) is -0.566. The van der Waals surface area contributed by atoms with Crippen LogP contribution in [0, 0.1) is 10.1 Å². The monoisotopic (exact) mass is 251 g/mol. The van der Waals surface area contributed by atoms with Crippen LogP contribution in [0.3, 0.4) is 0 Å². The number of aryl methyl sites for hydroxylation is 1. The number of ether oxygens (including phenoxy) is 1. The fourth-order valence-electron chi connectivity index (χ4n) is 1.87. The van der Waals surface area contributed by atoms with E-state index in [1.54, 1.807) is 29.9 Å². The van der Waals surface area contributed by atoms with Crippen LogP contribution >= 0.6 is 0 Å². The molecule has 0 aliphatic carbocycles. The molecule has 1 N–H and O–H groups in total. The summed E-state index contributed by atoms with van der Waals surface area (Å²) in [6.07, 6.45) is -1.23. The van der Waals surface area contributed by atoms with E-state index < -0.39 is 17.6 Å². The van der Waals surface area contributed by atoms with Crippen LogP contribution in [0.25, 0.3) is 10.9 Å². The van der Waals surface area contributed by atoms with Gasteiger partial charge in [0.25, 0.3) is 0 Å². The molecule has 0 fully saturated rings. The molecule has 18 heavy (non-hydrogen) atoms. The van der Waals surface area contributed by atoms with E-state index in [1.165, 1.54) is 7.11 Å². The highest BCUT2D eigenvalue weighted by molar-refractivity contribution is 5.83. The number of nitro groups is 1. The molecule has 96 valence electrons. The maximum absolute atomic E-state index is 10.4. The van der Waals surface area contributed by atoms with Crippen LogP contribution in [0.5, 0.6) is 5.75 Å². The van der Waals surface area contributed by atoms with Gasteiger partial charge in [0.2, 0.25) is 6.54 Å². The van der Waals surface area contributed by atoms with E-state index in [2.05, 4.69) is 5.10 Å². The van der Waals surface area contributed by atoms with Crippen molar-refractivity contribution in [2.75, 3.05) is 13.7 Å². The van der Waals surface area contributed by atoms with Crippen molar-refractivity contribution in [1.29, 1.82) is 0 Å². The first kappa shape index (κ1) is 12.3. The number of aliphatic hydroxyl groups is 1. The highest BCUT2D eigenvalue weighted by atomic mass is 16.6. The van der Waals surface area contributed by atoms with E-state index in [-0.39, 0.29) is 0 Å². The molecule has 2 aromatic rings. The van der Waals surface area contributed by atoms with Crippen molar-refractivity contribution in [1.82, 2.24) is 9.78 Å². The Balaban J connectivity index is 2.52. The quantitative estimate of drug-likeness (QED) is 0.643. The van der Waals surface area contributed by atoms with Gasteiger partial charge in [0, 0.05) is 17.4 Å². The van der Waals surface area contributed by atoms with Crippen LogP contribution in [0.1, 0.15) is 11.8 Å². The molecule has 0 saturated carbocycles. The minimum atomic E-state index is -1.23. The average molecular weight is 251 g/mol. The van der Waals surface area contributed by atoms with Gasteiger partial charge in [-0.3, -0.25) is 14.8 Å². The predicted octanol–water partition coefficient (Wildman–Crippen LogP) is 0.892. The minimum absolute atomic E-state index is 0.295. The van der Waals surface area contributed by atoms with Crippen LogP contribution in [-0.4, -0.2) is 33.5 Å². The summed E-state index contributed by atoms with van der Waals surface area (Å²) in [4.78, 5) is 9.87. The molecule has 0 saturated heterocycles. The first-order chi connectivity index (χ1) is 8.52. The first-order valence-electron chi connectivity index (χ1n) is 5.33. The van der Waals surface area contributed by atoms with E-state index in [9.17, 15) is 15.2 Å². The highest BCUT2D eigenvalue weighted by Crippen LogP contribution is 2.27. The van der Waals surface area contributed by atoms with Crippen LogP contribution < -0.4 is 4.74 Å². The molecule has 1 heterocycles. The van der Waals surface area contributed by atoms with Crippen LogP contribution in [0.4, 0.5) is 0 Å². The topological polar surface area (TPSA) is 90.4 Å². The lowest BCUT2D eigenvalue weighted by atomic mass is 10.1. The van der Waals surface area contributed by atoms with Crippen molar-refractivity contribution < 1.29 is 14.8 Å². The number of fused-ring (bicyclic) bond motifs is 1. The molecule has 7 heteroatoms. The molecular formula is C11H13N3O4. The second-order valence-corrected chi connectivity index (χ2v) is 3.92. The normalized spacial score (nSPS) is 12.6. The van der Waals surface area contributed by atoms with Gasteiger partial charge in [-0.15, -0.1) is 0 Å². The minimum Gasteiger partial charge on any atom is -0.497 e. The molecule has 0 aliphatic rings. The maximum Gasteiger partial charge on any atom is 0.235 e. The number of aliphatic hydroxyl groups excluding tert-OH is 1. The standard InChI is InChI=1S/C11H13N3O4/c1-13-9-4-3-7(18-2)5-8(9)11(12-13)10(15)6-14(16)17/h3-5,10,15H,6H2,1-2H3. The summed E-state index contributed by atoms with van der Waals surface area (Å²) in [5.74, 6) is 0.616. The lowest BCUT2D eigenvalue weighted by Gasteiger charge is -2.03. The second kappa shape index (κ2) is 4.61. The number of benzene rings is 1. The zero-order valence-electron chi connectivity index (χ0n) is 10.0. The van der Waals surface area contributed by atoms with Crippen molar-refractivity contribution in [2.24, 2.45) is 7.05 Å². The molecule has 0 aliphatic heterocycles. The lowest BCUT2D eigenvalue weighted by molar-refractivity contribution is -0.491. The Hall–Kier alpha value is -2.15. The van der Waals surface area contributed by atoms with E-state index in [4.69, 9.17) is 4.74 Å². The maximum atomic E-state index is 10.4. The number of methoxy groups -OCH3 is 1. The predicted molar refractivity (Wildman–Crippen MR) is 64.1 cm³/mol. The summed E-state index contributed by atoms with van der Waals surface area (Å²) in [7, 11) is 3.25. The zero-order chi connectivity index (χ0) is 13.3. The average Bonchev–Trinajstić information content (AvgIpc) is 2.65. The Labute approximate surface area is 103 Å². The van der Waals surface area contributed by atoms with E-state index in [0.717, 1.165) is 5.52 Å². The smallest absolute Gasteiger partial charge is 0.235 e. The molecule has 1 atom stereocenters. The molecule has 0 spiro atoms. The fourth-order valence-corrected chi connectivity index (χ4v) is 1.87. The second-order valence-electron chi connectivity index (χ2n) is 3.92. The summed E-state index contributed by atoms with van der Waals surface area (Å²) >= 11 is 0. The van der Waals surface area contributed by atoms with Crippen LogP contribution in [0.15, 0.2) is 18.2 Å². The van der Waals surface area contributed by atoms with Crippen LogP contribution in [-0.2, 0) is 7.05 Å². The van der Waals surface area contributed by atoms with Gasteiger partial charge >= 0.3 is 0 Å². The van der Waals surface area contributed by atoms with Gasteiger partial charge in [0.05, 0.1) is 12.6 Å². The SMILES string of the molecule is COc1ccc2c(c1)c(C(O)C[N+](=O)[O-])nn2C. The van der Waals surface area contributed by atoms with Gasteiger partial charge in [-0.25, -0.2) is 0 Å². The van der Waals surface area contributed by atoms with Crippen LogP contribution in [0.2, 0.25) is 0 Å². The summed E-state index contributed by atoms with van der Waals surface area (Å²) in [5, 5.41) is 25.0. The number of aromatic nitrogens is 2. The van der Waals surface area contributed by atoms with Gasteiger partial charge in [0.15, 0.2) is 6.10 Å². The number of rotatable bonds is 4. The molecule has 1 unspecified atom stereocenters. The molecule has 7 nitrogen and oxygen atoms in total. The molecule has 0 amide bonds. The first-order valence-corrected chi connectivity index (χ1v) is 5.33. The lowest BCUT2D eigenvalue weighted by Crippen LogP contribution is -2.12. The van der Waals surface area contributed by atoms with Crippen molar-refractivity contribution in [3.05, 3.63) is 34.0 Å². The van der Waals surface area contributed by atoms with E-state index >= 15 is 0 Å². The Kier molecular flexibility index (Phi) is 3.15. The Morgan fingerprint density at radius 2 is 2.33 bits per heavy atom. The zero-order valence-corrected chi connectivity index (χ0v) is 10.0. The number of hydrogen-bond acceptors (Lipinski definition) is 5. The van der Waals surface area contributed by atoms with Crippen molar-refractivity contribution in [3.8, 4) is 5.75 Å². The molecule has 0 radical (unpaired) electrons.